The summed E-state index contributed by atoms with van der Waals surface area (Å²) in [5, 5.41) is 2.27. The molecule has 0 aromatic heterocycles. The number of rotatable bonds is 8. The average molecular weight is 473 g/mol. The van der Waals surface area contributed by atoms with Crippen LogP contribution in [0.25, 0.3) is 0 Å². The number of ether oxygens (including phenoxy) is 1. The first-order valence-electron chi connectivity index (χ1n) is 8.86. The number of carbonyl (C=O) groups is 1. The van der Waals surface area contributed by atoms with Crippen molar-refractivity contribution < 1.29 is 39.5 Å². The van der Waals surface area contributed by atoms with Gasteiger partial charge in [-0.2, -0.15) is 22.2 Å². The molecule has 30 heavy (non-hydrogen) atoms. The molecular weight excluding hydrogens is 451 g/mol. The minimum absolute atomic E-state index is 0.200. The number of hydrogen-bond acceptors (Lipinski definition) is 6. The Balaban J connectivity index is 1.97. The Morgan fingerprint density at radius 2 is 1.77 bits per heavy atom. The molecule has 0 aliphatic carbocycles. The molecule has 9 nitrogen and oxygen atoms in total. The van der Waals surface area contributed by atoms with Crippen molar-refractivity contribution in [2.45, 2.75) is 24.0 Å². The van der Waals surface area contributed by atoms with Crippen molar-refractivity contribution in [3.8, 4) is 0 Å². The van der Waals surface area contributed by atoms with Gasteiger partial charge in [0.1, 0.15) is 0 Å². The Hall–Kier alpha value is -1.74. The molecule has 2 N–H and O–H groups in total. The summed E-state index contributed by atoms with van der Waals surface area (Å²) in [6.45, 7) is 1.78. The number of benzene rings is 1. The molecule has 170 valence electrons. The second kappa shape index (κ2) is 9.60. The third-order valence-electron chi connectivity index (χ3n) is 4.23. The van der Waals surface area contributed by atoms with E-state index in [0.717, 1.165) is 25.1 Å². The van der Waals surface area contributed by atoms with Crippen LogP contribution in [0.4, 0.5) is 13.2 Å². The number of morpholine rings is 1. The standard InChI is InChI=1S/C16H22F3N3O6S2/c1-12(15(23)20-6-11-29(24,25)22-7-9-28-10-8-22)21-30(26,27)14-5-3-2-4-13(14)16(17,18)19/h2-5,12,21H,6-11H2,1H3,(H,20,23)/t12-/m0/s1. The molecule has 1 aromatic rings. The van der Waals surface area contributed by atoms with Gasteiger partial charge in [-0.15, -0.1) is 0 Å². The Labute approximate surface area is 172 Å². The van der Waals surface area contributed by atoms with Crippen LogP contribution in [0.15, 0.2) is 29.2 Å². The maximum atomic E-state index is 13.1. The van der Waals surface area contributed by atoms with E-state index in [1.807, 2.05) is 4.72 Å². The van der Waals surface area contributed by atoms with E-state index in [9.17, 15) is 34.8 Å². The second-order valence-electron chi connectivity index (χ2n) is 6.46. The van der Waals surface area contributed by atoms with Gasteiger partial charge >= 0.3 is 6.18 Å². The summed E-state index contributed by atoms with van der Waals surface area (Å²) in [4.78, 5) is 11.1. The number of halogens is 3. The summed E-state index contributed by atoms with van der Waals surface area (Å²) < 4.78 is 96.4. The summed E-state index contributed by atoms with van der Waals surface area (Å²) in [6.07, 6.45) is -4.90. The maximum Gasteiger partial charge on any atom is 0.417 e. The van der Waals surface area contributed by atoms with E-state index < -0.39 is 54.4 Å². The van der Waals surface area contributed by atoms with Gasteiger partial charge in [-0.05, 0) is 19.1 Å². The third-order valence-corrected chi connectivity index (χ3v) is 7.70. The fourth-order valence-corrected chi connectivity index (χ4v) is 5.45. The van der Waals surface area contributed by atoms with Gasteiger partial charge in [0.25, 0.3) is 0 Å². The van der Waals surface area contributed by atoms with E-state index in [0.29, 0.717) is 6.07 Å². The Morgan fingerprint density at radius 1 is 1.17 bits per heavy atom. The van der Waals surface area contributed by atoms with E-state index in [2.05, 4.69) is 5.32 Å². The average Bonchev–Trinajstić information content (AvgIpc) is 2.67. The van der Waals surface area contributed by atoms with Crippen molar-refractivity contribution in [1.82, 2.24) is 14.3 Å². The molecule has 1 fully saturated rings. The summed E-state index contributed by atoms with van der Waals surface area (Å²) in [7, 11) is -8.29. The number of alkyl halides is 3. The van der Waals surface area contributed by atoms with Crippen molar-refractivity contribution in [2.24, 2.45) is 0 Å². The largest absolute Gasteiger partial charge is 0.417 e. The van der Waals surface area contributed by atoms with E-state index >= 15 is 0 Å². The number of hydrogen-bond donors (Lipinski definition) is 2. The highest BCUT2D eigenvalue weighted by Crippen LogP contribution is 2.33. The molecule has 2 rings (SSSR count). The van der Waals surface area contributed by atoms with Crippen LogP contribution >= 0.6 is 0 Å². The van der Waals surface area contributed by atoms with Crippen LogP contribution in [-0.2, 0) is 35.8 Å². The topological polar surface area (TPSA) is 122 Å². The molecule has 1 atom stereocenters. The van der Waals surface area contributed by atoms with E-state index in [4.69, 9.17) is 4.74 Å². The molecule has 0 radical (unpaired) electrons. The summed E-state index contributed by atoms with van der Waals surface area (Å²) >= 11 is 0. The van der Waals surface area contributed by atoms with E-state index in [-0.39, 0.29) is 32.8 Å². The normalized spacial score (nSPS) is 17.5. The third kappa shape index (κ3) is 6.38. The highest BCUT2D eigenvalue weighted by Gasteiger charge is 2.37. The van der Waals surface area contributed by atoms with Crippen LogP contribution in [0.3, 0.4) is 0 Å². The van der Waals surface area contributed by atoms with E-state index in [1.54, 1.807) is 0 Å². The molecule has 1 heterocycles. The molecule has 1 amide bonds. The lowest BCUT2D eigenvalue weighted by atomic mass is 10.2. The van der Waals surface area contributed by atoms with Gasteiger partial charge in [-0.3, -0.25) is 4.79 Å². The SMILES string of the molecule is C[C@H](NS(=O)(=O)c1ccccc1C(F)(F)F)C(=O)NCCS(=O)(=O)N1CCOCC1. The van der Waals surface area contributed by atoms with Gasteiger partial charge in [-0.1, -0.05) is 12.1 Å². The Kier molecular flexibility index (Phi) is 7.85. The molecule has 14 heteroatoms. The van der Waals surface area contributed by atoms with Crippen molar-refractivity contribution in [2.75, 3.05) is 38.6 Å². The van der Waals surface area contributed by atoms with Crippen molar-refractivity contribution in [3.63, 3.8) is 0 Å². The predicted octanol–water partition coefficient (Wildman–Crippen LogP) is 0.150. The van der Waals surface area contributed by atoms with Crippen LogP contribution in [0, 0.1) is 0 Å². The Morgan fingerprint density at radius 3 is 2.37 bits per heavy atom. The van der Waals surface area contributed by atoms with Gasteiger partial charge in [0.2, 0.25) is 26.0 Å². The minimum Gasteiger partial charge on any atom is -0.379 e. The number of carbonyl (C=O) groups excluding carboxylic acids is 1. The smallest absolute Gasteiger partial charge is 0.379 e. The van der Waals surface area contributed by atoms with Gasteiger partial charge in [0, 0.05) is 19.6 Å². The zero-order valence-electron chi connectivity index (χ0n) is 16.0. The van der Waals surface area contributed by atoms with Crippen molar-refractivity contribution in [3.05, 3.63) is 29.8 Å². The highest BCUT2D eigenvalue weighted by molar-refractivity contribution is 7.89. The van der Waals surface area contributed by atoms with Crippen LogP contribution in [0.2, 0.25) is 0 Å². The zero-order chi connectivity index (χ0) is 22.6. The van der Waals surface area contributed by atoms with Crippen molar-refractivity contribution >= 4 is 26.0 Å². The quantitative estimate of drug-likeness (QED) is 0.554. The summed E-state index contributed by atoms with van der Waals surface area (Å²) in [5.74, 6) is -1.28. The molecular formula is C16H22F3N3O6S2. The lowest BCUT2D eigenvalue weighted by Crippen LogP contribution is -2.47. The molecule has 1 aliphatic rings. The van der Waals surface area contributed by atoms with Gasteiger partial charge in [-0.25, -0.2) is 16.8 Å². The zero-order valence-corrected chi connectivity index (χ0v) is 17.6. The monoisotopic (exact) mass is 473 g/mol. The predicted molar refractivity (Wildman–Crippen MR) is 100 cm³/mol. The first-order chi connectivity index (χ1) is 13.8. The van der Waals surface area contributed by atoms with Gasteiger partial charge in [0.15, 0.2) is 0 Å². The number of nitrogens with one attached hydrogen (secondary N) is 2. The molecule has 0 spiro atoms. The van der Waals surface area contributed by atoms with E-state index in [1.165, 1.54) is 4.31 Å². The maximum absolute atomic E-state index is 13.1. The van der Waals surface area contributed by atoms with Crippen LogP contribution in [0.5, 0.6) is 0 Å². The summed E-state index contributed by atoms with van der Waals surface area (Å²) in [5.41, 5.74) is -1.36. The second-order valence-corrected chi connectivity index (χ2v) is 10.2. The lowest BCUT2D eigenvalue weighted by Gasteiger charge is -2.26. The Bertz CT molecular complexity index is 961. The fraction of sp³-hybridized carbons (Fsp3) is 0.562. The van der Waals surface area contributed by atoms with Gasteiger partial charge in [0.05, 0.1) is 35.5 Å². The minimum atomic E-state index is -4.90. The molecule has 0 unspecified atom stereocenters. The van der Waals surface area contributed by atoms with Crippen molar-refractivity contribution in [1.29, 1.82) is 0 Å². The molecule has 1 saturated heterocycles. The number of amides is 1. The number of nitrogens with zero attached hydrogens (tertiary/aromatic N) is 1. The number of sulfonamides is 2. The van der Waals surface area contributed by atoms with Crippen LogP contribution in [-0.4, -0.2) is 71.7 Å². The summed E-state index contributed by atoms with van der Waals surface area (Å²) in [6, 6.07) is 2.15. The van der Waals surface area contributed by atoms with Crippen LogP contribution < -0.4 is 10.0 Å². The molecule has 1 aliphatic heterocycles. The van der Waals surface area contributed by atoms with Crippen LogP contribution in [0.1, 0.15) is 12.5 Å². The lowest BCUT2D eigenvalue weighted by molar-refractivity contribution is -0.139. The molecule has 1 aromatic carbocycles. The fourth-order valence-electron chi connectivity index (χ4n) is 2.70. The van der Waals surface area contributed by atoms with Gasteiger partial charge < -0.3 is 10.1 Å². The first-order valence-corrected chi connectivity index (χ1v) is 12.0. The molecule has 0 bridgehead atoms. The first kappa shape index (κ1) is 24.5. The highest BCUT2D eigenvalue weighted by atomic mass is 32.2. The molecule has 0 saturated carbocycles.